The molecule has 19 heavy (non-hydrogen) atoms. The lowest BCUT2D eigenvalue weighted by atomic mass is 10.1. The predicted octanol–water partition coefficient (Wildman–Crippen LogP) is 2.26. The molecule has 1 atom stereocenters. The van der Waals surface area contributed by atoms with Crippen molar-refractivity contribution in [2.45, 2.75) is 18.7 Å². The lowest BCUT2D eigenvalue weighted by Crippen LogP contribution is -2.37. The first kappa shape index (κ1) is 15.8. The Morgan fingerprint density at radius 1 is 1.42 bits per heavy atom. The summed E-state index contributed by atoms with van der Waals surface area (Å²) in [5, 5.41) is 20.9. The van der Waals surface area contributed by atoms with Crippen molar-refractivity contribution < 1.29 is 28.2 Å². The fourth-order valence-corrected chi connectivity index (χ4v) is 1.75. The van der Waals surface area contributed by atoms with Crippen LogP contribution in [0.4, 0.5) is 13.2 Å². The Kier molecular flexibility index (Phi) is 5.19. The summed E-state index contributed by atoms with van der Waals surface area (Å²) in [5.41, 5.74) is 0.177. The molecular formula is C11H11BrF3NO3. The van der Waals surface area contributed by atoms with Crippen LogP contribution in [-0.2, 0) is 4.79 Å². The highest BCUT2D eigenvalue weighted by molar-refractivity contribution is 9.10. The van der Waals surface area contributed by atoms with Crippen LogP contribution in [0.15, 0.2) is 22.7 Å². The van der Waals surface area contributed by atoms with Crippen LogP contribution in [0.3, 0.4) is 0 Å². The van der Waals surface area contributed by atoms with Gasteiger partial charge in [-0.2, -0.15) is 13.2 Å². The number of halogens is 4. The summed E-state index contributed by atoms with van der Waals surface area (Å²) in [6, 6.07) is 4.35. The lowest BCUT2D eigenvalue weighted by Gasteiger charge is -2.14. The minimum absolute atomic E-state index is 0.147. The maximum absolute atomic E-state index is 11.9. The van der Waals surface area contributed by atoms with Crippen LogP contribution in [0, 0.1) is 0 Å². The van der Waals surface area contributed by atoms with E-state index >= 15 is 0 Å². The lowest BCUT2D eigenvalue weighted by molar-refractivity contribution is -0.173. The van der Waals surface area contributed by atoms with Gasteiger partial charge in [-0.1, -0.05) is 15.9 Å². The number of aliphatic hydroxyl groups excluding tert-OH is 1. The molecule has 4 nitrogen and oxygen atoms in total. The predicted molar refractivity (Wildman–Crippen MR) is 64.4 cm³/mol. The largest absolute Gasteiger partial charge is 0.508 e. The monoisotopic (exact) mass is 341 g/mol. The molecule has 1 aromatic rings. The molecule has 1 amide bonds. The molecule has 0 aliphatic carbocycles. The summed E-state index contributed by atoms with van der Waals surface area (Å²) in [6.07, 6.45) is -6.26. The van der Waals surface area contributed by atoms with E-state index in [-0.39, 0.29) is 24.3 Å². The third-order valence-corrected chi connectivity index (χ3v) is 2.80. The number of alkyl halides is 3. The van der Waals surface area contributed by atoms with Crippen LogP contribution in [0.5, 0.6) is 5.75 Å². The Morgan fingerprint density at radius 2 is 2.05 bits per heavy atom. The second-order valence-electron chi connectivity index (χ2n) is 3.76. The zero-order valence-corrected chi connectivity index (χ0v) is 11.1. The molecule has 1 rings (SSSR count). The Morgan fingerprint density at radius 3 is 2.63 bits per heavy atom. The summed E-state index contributed by atoms with van der Waals surface area (Å²) in [4.78, 5) is 10.5. The van der Waals surface area contributed by atoms with Crippen molar-refractivity contribution in [2.24, 2.45) is 0 Å². The first-order chi connectivity index (χ1) is 8.71. The highest BCUT2D eigenvalue weighted by Crippen LogP contribution is 2.29. The van der Waals surface area contributed by atoms with Crippen molar-refractivity contribution >= 4 is 21.8 Å². The average molecular weight is 342 g/mol. The smallest absolute Gasteiger partial charge is 0.471 e. The molecule has 106 valence electrons. The maximum atomic E-state index is 11.9. The van der Waals surface area contributed by atoms with E-state index in [1.165, 1.54) is 12.1 Å². The van der Waals surface area contributed by atoms with Crippen molar-refractivity contribution in [3.8, 4) is 5.75 Å². The van der Waals surface area contributed by atoms with E-state index in [0.29, 0.717) is 4.47 Å². The Balaban J connectivity index is 2.54. The van der Waals surface area contributed by atoms with E-state index < -0.39 is 18.2 Å². The molecule has 0 aliphatic rings. The first-order valence-corrected chi connectivity index (χ1v) is 6.02. The standard InChI is InChI=1S/C11H11BrF3NO3/c12-6-1-2-8(17)7(5-6)9(18)3-4-16-10(19)11(13,14)15/h1-2,5,9,17-18H,3-4H2,(H,16,19). The van der Waals surface area contributed by atoms with Gasteiger partial charge in [-0.25, -0.2) is 0 Å². The van der Waals surface area contributed by atoms with Gasteiger partial charge < -0.3 is 15.5 Å². The second-order valence-corrected chi connectivity index (χ2v) is 4.68. The molecule has 1 unspecified atom stereocenters. The van der Waals surface area contributed by atoms with E-state index in [1.807, 2.05) is 0 Å². The number of phenolic OH excluding ortho intramolecular Hbond substituents is 1. The molecular weight excluding hydrogens is 331 g/mol. The number of hydrogen-bond donors (Lipinski definition) is 3. The van der Waals surface area contributed by atoms with Gasteiger partial charge >= 0.3 is 12.1 Å². The molecule has 0 radical (unpaired) electrons. The van der Waals surface area contributed by atoms with Crippen molar-refractivity contribution in [1.29, 1.82) is 0 Å². The molecule has 0 heterocycles. The van der Waals surface area contributed by atoms with E-state index in [0.717, 1.165) is 0 Å². The topological polar surface area (TPSA) is 69.6 Å². The summed E-state index contributed by atoms with van der Waals surface area (Å²) in [6.45, 7) is -0.356. The number of aliphatic hydroxyl groups is 1. The number of carbonyl (C=O) groups excluding carboxylic acids is 1. The highest BCUT2D eigenvalue weighted by Gasteiger charge is 2.38. The van der Waals surface area contributed by atoms with Gasteiger partial charge in [-0.3, -0.25) is 4.79 Å². The fourth-order valence-electron chi connectivity index (χ4n) is 1.37. The summed E-state index contributed by atoms with van der Waals surface area (Å²) in [7, 11) is 0. The summed E-state index contributed by atoms with van der Waals surface area (Å²) in [5.74, 6) is -2.23. The van der Waals surface area contributed by atoms with Gasteiger partial charge in [0, 0.05) is 16.6 Å². The molecule has 1 aromatic carbocycles. The zero-order valence-electron chi connectivity index (χ0n) is 9.54. The zero-order chi connectivity index (χ0) is 14.6. The van der Waals surface area contributed by atoms with Crippen molar-refractivity contribution in [1.82, 2.24) is 5.32 Å². The molecule has 0 bridgehead atoms. The minimum Gasteiger partial charge on any atom is -0.508 e. The van der Waals surface area contributed by atoms with Crippen molar-refractivity contribution in [2.75, 3.05) is 6.54 Å². The van der Waals surface area contributed by atoms with Crippen LogP contribution in [0.25, 0.3) is 0 Å². The van der Waals surface area contributed by atoms with Crippen molar-refractivity contribution in [3.63, 3.8) is 0 Å². The third kappa shape index (κ3) is 4.71. The van der Waals surface area contributed by atoms with Gasteiger partial charge in [-0.05, 0) is 24.6 Å². The van der Waals surface area contributed by atoms with Crippen LogP contribution in [-0.4, -0.2) is 28.8 Å². The molecule has 3 N–H and O–H groups in total. The van der Waals surface area contributed by atoms with Crippen LogP contribution in [0.1, 0.15) is 18.1 Å². The maximum Gasteiger partial charge on any atom is 0.471 e. The summed E-state index contributed by atoms with van der Waals surface area (Å²) < 4.78 is 36.3. The molecule has 0 spiro atoms. The number of benzene rings is 1. The minimum atomic E-state index is -4.94. The Labute approximate surface area is 115 Å². The molecule has 0 fully saturated rings. The van der Waals surface area contributed by atoms with Gasteiger partial charge in [0.2, 0.25) is 0 Å². The summed E-state index contributed by atoms with van der Waals surface area (Å²) >= 11 is 3.14. The number of carbonyl (C=O) groups is 1. The third-order valence-electron chi connectivity index (χ3n) is 2.31. The van der Waals surface area contributed by atoms with E-state index in [9.17, 15) is 28.2 Å². The SMILES string of the molecule is O=C(NCCC(O)c1cc(Br)ccc1O)C(F)(F)F. The van der Waals surface area contributed by atoms with E-state index in [4.69, 9.17) is 0 Å². The van der Waals surface area contributed by atoms with Crippen LogP contribution in [0.2, 0.25) is 0 Å². The number of rotatable bonds is 4. The fraction of sp³-hybridized carbons (Fsp3) is 0.364. The first-order valence-electron chi connectivity index (χ1n) is 5.23. The van der Waals surface area contributed by atoms with Gasteiger partial charge in [0.05, 0.1) is 6.10 Å². The van der Waals surface area contributed by atoms with Crippen LogP contribution >= 0.6 is 15.9 Å². The van der Waals surface area contributed by atoms with Crippen molar-refractivity contribution in [3.05, 3.63) is 28.2 Å². The number of aromatic hydroxyl groups is 1. The van der Waals surface area contributed by atoms with Gasteiger partial charge in [-0.15, -0.1) is 0 Å². The average Bonchev–Trinajstić information content (AvgIpc) is 2.30. The Bertz CT molecular complexity index is 465. The second kappa shape index (κ2) is 6.25. The number of amides is 1. The van der Waals surface area contributed by atoms with E-state index in [2.05, 4.69) is 15.9 Å². The normalized spacial score (nSPS) is 13.1. The Hall–Kier alpha value is -1.28. The van der Waals surface area contributed by atoms with Gasteiger partial charge in [0.1, 0.15) is 5.75 Å². The highest BCUT2D eigenvalue weighted by atomic mass is 79.9. The molecule has 0 saturated heterocycles. The van der Waals surface area contributed by atoms with Gasteiger partial charge in [0.25, 0.3) is 0 Å². The van der Waals surface area contributed by atoms with Gasteiger partial charge in [0.15, 0.2) is 0 Å². The number of nitrogens with one attached hydrogen (secondary N) is 1. The number of hydrogen-bond acceptors (Lipinski definition) is 3. The molecule has 0 aromatic heterocycles. The van der Waals surface area contributed by atoms with E-state index in [1.54, 1.807) is 11.4 Å². The molecule has 0 saturated carbocycles. The quantitative estimate of drug-likeness (QED) is 0.786. The van der Waals surface area contributed by atoms with Crippen LogP contribution < -0.4 is 5.32 Å². The molecule has 8 heteroatoms. The molecule has 0 aliphatic heterocycles. The number of phenols is 1.